The zero-order valence-corrected chi connectivity index (χ0v) is 16.3. The minimum Gasteiger partial charge on any atom is -0.361 e. The Morgan fingerprint density at radius 1 is 1.32 bits per heavy atom. The Morgan fingerprint density at radius 2 is 2.04 bits per heavy atom. The summed E-state index contributed by atoms with van der Waals surface area (Å²) in [7, 11) is 1.86. The van der Waals surface area contributed by atoms with Crippen molar-refractivity contribution < 1.29 is 0 Å². The van der Waals surface area contributed by atoms with Crippen LogP contribution in [0.25, 0.3) is 0 Å². The fourth-order valence-corrected chi connectivity index (χ4v) is 2.64. The van der Waals surface area contributed by atoms with E-state index in [0.717, 1.165) is 42.9 Å². The van der Waals surface area contributed by atoms with E-state index >= 15 is 0 Å². The maximum absolute atomic E-state index is 5.34. The van der Waals surface area contributed by atoms with E-state index in [1.165, 1.54) is 5.56 Å². The van der Waals surface area contributed by atoms with E-state index in [-0.39, 0.29) is 0 Å². The van der Waals surface area contributed by atoms with E-state index in [1.807, 2.05) is 43.1 Å². The van der Waals surface area contributed by atoms with Crippen LogP contribution in [-0.2, 0) is 6.54 Å². The quantitative estimate of drug-likeness (QED) is 0.357. The fourth-order valence-electron chi connectivity index (χ4n) is 2.49. The third-order valence-electron chi connectivity index (χ3n) is 4.07. The molecular weight excluding hydrogens is 330 g/mol. The van der Waals surface area contributed by atoms with Gasteiger partial charge in [0.15, 0.2) is 5.11 Å². The van der Waals surface area contributed by atoms with Gasteiger partial charge in [0.25, 0.3) is 0 Å². The molecule has 0 aliphatic heterocycles. The van der Waals surface area contributed by atoms with Crippen LogP contribution in [0.2, 0.25) is 0 Å². The zero-order chi connectivity index (χ0) is 18.2. The van der Waals surface area contributed by atoms with Gasteiger partial charge in [-0.05, 0) is 38.0 Å². The summed E-state index contributed by atoms with van der Waals surface area (Å²) >= 11 is 5.34. The molecule has 0 saturated carbocycles. The molecule has 25 heavy (non-hydrogen) atoms. The van der Waals surface area contributed by atoms with Crippen molar-refractivity contribution in [2.45, 2.75) is 40.2 Å². The first-order chi connectivity index (χ1) is 12.0. The first-order valence-electron chi connectivity index (χ1n) is 8.66. The second-order valence-electron chi connectivity index (χ2n) is 6.08. The Bertz CT molecular complexity index is 721. The molecule has 0 fully saturated rings. The molecule has 0 unspecified atom stereocenters. The number of aromatic nitrogens is 2. The largest absolute Gasteiger partial charge is 0.361 e. The van der Waals surface area contributed by atoms with Gasteiger partial charge >= 0.3 is 0 Å². The lowest BCUT2D eigenvalue weighted by Crippen LogP contribution is -2.34. The lowest BCUT2D eigenvalue weighted by molar-refractivity contribution is 0.529. The van der Waals surface area contributed by atoms with Crippen LogP contribution in [0.3, 0.4) is 0 Å². The van der Waals surface area contributed by atoms with Crippen molar-refractivity contribution in [2.75, 3.05) is 13.6 Å². The van der Waals surface area contributed by atoms with Crippen LogP contribution >= 0.6 is 12.2 Å². The van der Waals surface area contributed by atoms with Gasteiger partial charge in [0, 0.05) is 24.8 Å². The summed E-state index contributed by atoms with van der Waals surface area (Å²) in [5.74, 6) is 0. The summed E-state index contributed by atoms with van der Waals surface area (Å²) in [4.78, 5) is 0. The van der Waals surface area contributed by atoms with E-state index in [2.05, 4.69) is 41.5 Å². The normalized spacial score (nSPS) is 11.0. The second kappa shape index (κ2) is 9.32. The van der Waals surface area contributed by atoms with Crippen molar-refractivity contribution in [3.63, 3.8) is 0 Å². The number of nitrogens with one attached hydrogen (secondary N) is 1. The van der Waals surface area contributed by atoms with E-state index in [9.17, 15) is 0 Å². The molecule has 0 aliphatic rings. The molecule has 0 atom stereocenters. The Hall–Kier alpha value is -2.21. The highest BCUT2D eigenvalue weighted by molar-refractivity contribution is 7.80. The van der Waals surface area contributed by atoms with Crippen LogP contribution < -0.4 is 5.32 Å². The number of hydrogen-bond acceptors (Lipinski definition) is 3. The molecule has 0 radical (unpaired) electrons. The van der Waals surface area contributed by atoms with Crippen molar-refractivity contribution in [1.29, 1.82) is 0 Å². The van der Waals surface area contributed by atoms with Gasteiger partial charge in [-0.25, -0.2) is 5.01 Å². The van der Waals surface area contributed by atoms with Gasteiger partial charge in [0.2, 0.25) is 0 Å². The summed E-state index contributed by atoms with van der Waals surface area (Å²) in [6.07, 6.45) is 4.08. The molecule has 0 saturated heterocycles. The molecule has 1 aromatic heterocycles. The Morgan fingerprint density at radius 3 is 2.72 bits per heavy atom. The molecule has 6 heteroatoms. The average molecular weight is 358 g/mol. The van der Waals surface area contributed by atoms with Gasteiger partial charge in [-0.1, -0.05) is 43.7 Å². The van der Waals surface area contributed by atoms with Crippen LogP contribution in [0.1, 0.15) is 42.3 Å². The zero-order valence-electron chi connectivity index (χ0n) is 15.5. The summed E-state index contributed by atoms with van der Waals surface area (Å²) in [6, 6.07) is 10.3. The number of hydrazone groups is 1. The van der Waals surface area contributed by atoms with Gasteiger partial charge in [-0.15, -0.1) is 0 Å². The summed E-state index contributed by atoms with van der Waals surface area (Å²) in [5.41, 5.74) is 4.34. The number of unbranched alkanes of at least 4 members (excludes halogenated alkanes) is 1. The fraction of sp³-hybridized carbons (Fsp3) is 0.421. The monoisotopic (exact) mass is 357 g/mol. The van der Waals surface area contributed by atoms with Gasteiger partial charge in [0.05, 0.1) is 18.5 Å². The maximum atomic E-state index is 5.34. The van der Waals surface area contributed by atoms with E-state index in [1.54, 1.807) is 5.01 Å². The standard InChI is InChI=1S/C19H27N5S/c1-5-6-12-20-19(25)23(4)21-13-18-15(2)22-24(16(18)3)14-17-10-8-7-9-11-17/h7-11,13H,5-6,12,14H2,1-4H3,(H,20,25). The maximum Gasteiger partial charge on any atom is 0.189 e. The number of aryl methyl sites for hydroxylation is 1. The van der Waals surface area contributed by atoms with E-state index in [4.69, 9.17) is 12.2 Å². The minimum atomic E-state index is 0.636. The van der Waals surface area contributed by atoms with Crippen LogP contribution in [0.4, 0.5) is 0 Å². The molecule has 0 amide bonds. The number of nitrogens with zero attached hydrogens (tertiary/aromatic N) is 4. The molecule has 5 nitrogen and oxygen atoms in total. The lowest BCUT2D eigenvalue weighted by atomic mass is 10.2. The van der Waals surface area contributed by atoms with Gasteiger partial charge in [-0.3, -0.25) is 4.68 Å². The Labute approximate surface area is 155 Å². The first-order valence-corrected chi connectivity index (χ1v) is 9.07. The second-order valence-corrected chi connectivity index (χ2v) is 6.47. The van der Waals surface area contributed by atoms with Crippen molar-refractivity contribution in [1.82, 2.24) is 20.1 Å². The highest BCUT2D eigenvalue weighted by Gasteiger charge is 2.10. The SMILES string of the molecule is CCCCNC(=S)N(C)N=Cc1c(C)nn(Cc2ccccc2)c1C. The number of benzene rings is 1. The molecule has 1 heterocycles. The van der Waals surface area contributed by atoms with Crippen molar-refractivity contribution in [2.24, 2.45) is 5.10 Å². The molecular formula is C19H27N5S. The molecule has 2 rings (SSSR count). The van der Waals surface area contributed by atoms with Gasteiger partial charge in [0.1, 0.15) is 0 Å². The van der Waals surface area contributed by atoms with Gasteiger partial charge in [-0.2, -0.15) is 10.2 Å². The number of rotatable bonds is 7. The molecule has 0 bridgehead atoms. The predicted molar refractivity (Wildman–Crippen MR) is 108 cm³/mol. The average Bonchev–Trinajstić information content (AvgIpc) is 2.87. The third-order valence-corrected chi connectivity index (χ3v) is 4.48. The lowest BCUT2D eigenvalue weighted by Gasteiger charge is -2.15. The molecule has 2 aromatic rings. The topological polar surface area (TPSA) is 45.4 Å². The molecule has 0 spiro atoms. The van der Waals surface area contributed by atoms with Crippen molar-refractivity contribution >= 4 is 23.5 Å². The summed E-state index contributed by atoms with van der Waals surface area (Å²) in [5, 5.41) is 14.7. The smallest absolute Gasteiger partial charge is 0.189 e. The van der Waals surface area contributed by atoms with E-state index in [0.29, 0.717) is 5.11 Å². The highest BCUT2D eigenvalue weighted by atomic mass is 32.1. The predicted octanol–water partition coefficient (Wildman–Crippen LogP) is 3.49. The van der Waals surface area contributed by atoms with Crippen molar-refractivity contribution in [3.8, 4) is 0 Å². The van der Waals surface area contributed by atoms with Crippen LogP contribution in [-0.4, -0.2) is 39.7 Å². The molecule has 1 aromatic carbocycles. The van der Waals surface area contributed by atoms with Crippen LogP contribution in [0.15, 0.2) is 35.4 Å². The van der Waals surface area contributed by atoms with E-state index < -0.39 is 0 Å². The van der Waals surface area contributed by atoms with Crippen molar-refractivity contribution in [3.05, 3.63) is 52.8 Å². The Kier molecular flexibility index (Phi) is 7.13. The first kappa shape index (κ1) is 19.1. The number of hydrogen-bond donors (Lipinski definition) is 1. The summed E-state index contributed by atoms with van der Waals surface area (Å²) in [6.45, 7) is 7.87. The summed E-state index contributed by atoms with van der Waals surface area (Å²) < 4.78 is 2.02. The van der Waals surface area contributed by atoms with Crippen LogP contribution in [0.5, 0.6) is 0 Å². The number of thiocarbonyl (C=S) groups is 1. The highest BCUT2D eigenvalue weighted by Crippen LogP contribution is 2.13. The molecule has 0 aliphatic carbocycles. The molecule has 134 valence electrons. The minimum absolute atomic E-state index is 0.636. The Balaban J connectivity index is 2.05. The third kappa shape index (κ3) is 5.39. The molecule has 1 N–H and O–H groups in total. The van der Waals surface area contributed by atoms with Gasteiger partial charge < -0.3 is 5.32 Å². The van der Waals surface area contributed by atoms with Crippen LogP contribution in [0, 0.1) is 13.8 Å².